The lowest BCUT2D eigenvalue weighted by molar-refractivity contribution is -0.137. The van der Waals surface area contributed by atoms with Crippen LogP contribution in [0.15, 0.2) is 59.9 Å². The van der Waals surface area contributed by atoms with Crippen LogP contribution in [-0.2, 0) is 6.18 Å². The van der Waals surface area contributed by atoms with E-state index < -0.39 is 17.8 Å². The summed E-state index contributed by atoms with van der Waals surface area (Å²) in [7, 11) is 1.53. The number of urea groups is 1. The number of anilines is 2. The van der Waals surface area contributed by atoms with Crippen LogP contribution < -0.4 is 15.8 Å². The number of nitrogens with two attached hydrogens (primary N) is 1. The van der Waals surface area contributed by atoms with Gasteiger partial charge in [0.05, 0.1) is 12.7 Å². The Balaban J connectivity index is 1.80. The van der Waals surface area contributed by atoms with Gasteiger partial charge in [0, 0.05) is 11.4 Å². The van der Waals surface area contributed by atoms with Crippen LogP contribution in [-0.4, -0.2) is 28.4 Å². The lowest BCUT2D eigenvalue weighted by Crippen LogP contribution is -2.12. The van der Waals surface area contributed by atoms with Gasteiger partial charge in [-0.2, -0.15) is 23.4 Å². The van der Waals surface area contributed by atoms with Crippen LogP contribution in [0.4, 0.5) is 29.5 Å². The van der Waals surface area contributed by atoms with Gasteiger partial charge in [-0.1, -0.05) is 0 Å². The van der Waals surface area contributed by atoms with Gasteiger partial charge in [-0.05, 0) is 48.5 Å². The van der Waals surface area contributed by atoms with Crippen LogP contribution in [0.3, 0.4) is 0 Å². The lowest BCUT2D eigenvalue weighted by atomic mass is 10.2. The molecule has 0 aliphatic heterocycles. The van der Waals surface area contributed by atoms with Crippen molar-refractivity contribution in [1.82, 2.24) is 9.55 Å². The Labute approximate surface area is 174 Å². The van der Waals surface area contributed by atoms with Crippen molar-refractivity contribution in [2.45, 2.75) is 6.18 Å². The second kappa shape index (κ2) is 8.58. The number of rotatable bonds is 4. The molecule has 0 aliphatic rings. The summed E-state index contributed by atoms with van der Waals surface area (Å²) in [6.45, 7) is 0. The number of halogens is 3. The van der Waals surface area contributed by atoms with Crippen molar-refractivity contribution in [2.24, 2.45) is 4.99 Å². The van der Waals surface area contributed by atoms with E-state index in [0.717, 1.165) is 24.3 Å². The van der Waals surface area contributed by atoms with E-state index in [1.54, 1.807) is 30.3 Å². The molecule has 0 aliphatic carbocycles. The molecule has 3 N–H and O–H groups in total. The van der Waals surface area contributed by atoms with Crippen LogP contribution in [0.2, 0.25) is 0 Å². The zero-order chi connectivity index (χ0) is 22.6. The SMILES string of the molecule is COc1ccc(-n2cnc(/C(C#N)=N/C(=O)Nc3ccc(C(F)(F)F)cc3)c2N)cc1. The maximum absolute atomic E-state index is 12.6. The Hall–Kier alpha value is -4.33. The van der Waals surface area contributed by atoms with Crippen LogP contribution >= 0.6 is 0 Å². The highest BCUT2D eigenvalue weighted by atomic mass is 19.4. The van der Waals surface area contributed by atoms with E-state index in [-0.39, 0.29) is 22.9 Å². The monoisotopic (exact) mass is 428 g/mol. The Morgan fingerprint density at radius 3 is 2.39 bits per heavy atom. The molecule has 158 valence electrons. The summed E-state index contributed by atoms with van der Waals surface area (Å²) >= 11 is 0. The fourth-order valence-corrected chi connectivity index (χ4v) is 2.62. The molecule has 0 spiro atoms. The number of ether oxygens (including phenoxy) is 1. The molecular weight excluding hydrogens is 413 g/mol. The minimum Gasteiger partial charge on any atom is -0.497 e. The maximum Gasteiger partial charge on any atom is 0.416 e. The van der Waals surface area contributed by atoms with Crippen molar-refractivity contribution in [3.8, 4) is 17.5 Å². The highest BCUT2D eigenvalue weighted by molar-refractivity contribution is 6.17. The summed E-state index contributed by atoms with van der Waals surface area (Å²) in [4.78, 5) is 19.8. The van der Waals surface area contributed by atoms with E-state index in [0.29, 0.717) is 11.4 Å². The fourth-order valence-electron chi connectivity index (χ4n) is 2.62. The lowest BCUT2D eigenvalue weighted by Gasteiger charge is -2.08. The topological polar surface area (TPSA) is 118 Å². The number of hydrogen-bond acceptors (Lipinski definition) is 5. The highest BCUT2D eigenvalue weighted by Gasteiger charge is 2.30. The zero-order valence-electron chi connectivity index (χ0n) is 16.0. The van der Waals surface area contributed by atoms with Crippen LogP contribution in [0.5, 0.6) is 5.75 Å². The summed E-state index contributed by atoms with van der Waals surface area (Å²) in [5, 5.41) is 11.7. The van der Waals surface area contributed by atoms with Gasteiger partial charge in [-0.3, -0.25) is 4.57 Å². The molecule has 1 aromatic heterocycles. The Bertz CT molecular complexity index is 1160. The molecule has 3 rings (SSSR count). The van der Waals surface area contributed by atoms with Gasteiger partial charge in [0.15, 0.2) is 5.71 Å². The number of methoxy groups -OCH3 is 1. The summed E-state index contributed by atoms with van der Waals surface area (Å²) in [5.74, 6) is 0.717. The quantitative estimate of drug-likeness (QED) is 0.609. The zero-order valence-corrected chi connectivity index (χ0v) is 16.0. The summed E-state index contributed by atoms with van der Waals surface area (Å²) in [5.41, 5.74) is 5.57. The Kier molecular flexibility index (Phi) is 5.92. The van der Waals surface area contributed by atoms with E-state index in [9.17, 15) is 23.2 Å². The number of benzene rings is 2. The third-order valence-corrected chi connectivity index (χ3v) is 4.16. The molecule has 1 heterocycles. The molecule has 2 aromatic carbocycles. The summed E-state index contributed by atoms with van der Waals surface area (Å²) < 4.78 is 44.4. The predicted octanol–water partition coefficient (Wildman–Crippen LogP) is 4.03. The predicted molar refractivity (Wildman–Crippen MR) is 107 cm³/mol. The van der Waals surface area contributed by atoms with Crippen LogP contribution in [0.1, 0.15) is 11.3 Å². The number of aliphatic imine (C=N–C) groups is 1. The Morgan fingerprint density at radius 2 is 1.84 bits per heavy atom. The summed E-state index contributed by atoms with van der Waals surface area (Å²) in [6, 6.07) is 11.5. The molecule has 0 atom stereocenters. The molecule has 0 bridgehead atoms. The molecule has 0 saturated heterocycles. The fraction of sp³-hybridized carbons (Fsp3) is 0.100. The van der Waals surface area contributed by atoms with E-state index in [1.807, 2.05) is 0 Å². The van der Waals surface area contributed by atoms with Gasteiger partial charge >= 0.3 is 12.2 Å². The van der Waals surface area contributed by atoms with E-state index in [2.05, 4.69) is 15.3 Å². The van der Waals surface area contributed by atoms with Crippen molar-refractivity contribution in [3.05, 3.63) is 66.1 Å². The molecule has 8 nitrogen and oxygen atoms in total. The molecule has 3 aromatic rings. The number of imidazole rings is 1. The van der Waals surface area contributed by atoms with Crippen molar-refractivity contribution in [1.29, 1.82) is 5.26 Å². The average Bonchev–Trinajstić information content (AvgIpc) is 3.13. The third kappa shape index (κ3) is 4.81. The second-order valence-electron chi connectivity index (χ2n) is 6.12. The highest BCUT2D eigenvalue weighted by Crippen LogP contribution is 2.29. The van der Waals surface area contributed by atoms with Gasteiger partial charge in [-0.15, -0.1) is 0 Å². The number of alkyl halides is 3. The van der Waals surface area contributed by atoms with Gasteiger partial charge in [-0.25, -0.2) is 9.78 Å². The Morgan fingerprint density at radius 1 is 1.19 bits per heavy atom. The molecule has 2 amide bonds. The molecule has 11 heteroatoms. The molecule has 0 radical (unpaired) electrons. The number of amides is 2. The van der Waals surface area contributed by atoms with Crippen molar-refractivity contribution < 1.29 is 22.7 Å². The second-order valence-corrected chi connectivity index (χ2v) is 6.12. The van der Waals surface area contributed by atoms with Gasteiger partial charge < -0.3 is 15.8 Å². The molecule has 0 unspecified atom stereocenters. The van der Waals surface area contributed by atoms with Gasteiger partial charge in [0.1, 0.15) is 29.7 Å². The van der Waals surface area contributed by atoms with E-state index in [1.165, 1.54) is 18.0 Å². The first-order valence-corrected chi connectivity index (χ1v) is 8.67. The number of nitrogens with zero attached hydrogens (tertiary/aromatic N) is 4. The first kappa shape index (κ1) is 21.4. The number of aromatic nitrogens is 2. The van der Waals surface area contributed by atoms with Crippen molar-refractivity contribution >= 4 is 23.2 Å². The number of nitrogen functional groups attached to an aromatic ring is 1. The normalized spacial score (nSPS) is 11.6. The standard InChI is InChI=1S/C20H15F3N6O2/c1-31-15-8-6-14(7-9-15)29-11-26-17(18(29)25)16(10-24)28-19(30)27-13-4-2-12(3-5-13)20(21,22)23/h2-9,11H,25H2,1H3,(H,27,30)/b28-16+. The van der Waals surface area contributed by atoms with E-state index >= 15 is 0 Å². The minimum atomic E-state index is -4.49. The van der Waals surface area contributed by atoms with Gasteiger partial charge in [0.2, 0.25) is 0 Å². The average molecular weight is 428 g/mol. The number of carbonyl (C=O) groups is 1. The van der Waals surface area contributed by atoms with E-state index in [4.69, 9.17) is 10.5 Å². The first-order chi connectivity index (χ1) is 14.7. The van der Waals surface area contributed by atoms with Crippen LogP contribution in [0.25, 0.3) is 5.69 Å². The number of carbonyl (C=O) groups excluding carboxylic acids is 1. The van der Waals surface area contributed by atoms with Crippen molar-refractivity contribution in [3.63, 3.8) is 0 Å². The molecular formula is C20H15F3N6O2. The first-order valence-electron chi connectivity index (χ1n) is 8.67. The largest absolute Gasteiger partial charge is 0.497 e. The summed E-state index contributed by atoms with van der Waals surface area (Å²) in [6.07, 6.45) is -3.12. The number of nitrogens with one attached hydrogen (secondary N) is 1. The maximum atomic E-state index is 12.6. The molecule has 31 heavy (non-hydrogen) atoms. The van der Waals surface area contributed by atoms with Crippen molar-refractivity contribution in [2.75, 3.05) is 18.2 Å². The smallest absolute Gasteiger partial charge is 0.416 e. The minimum absolute atomic E-state index is 0.0131. The number of nitriles is 1. The van der Waals surface area contributed by atoms with Gasteiger partial charge in [0.25, 0.3) is 0 Å². The third-order valence-electron chi connectivity index (χ3n) is 4.16. The van der Waals surface area contributed by atoms with Crippen LogP contribution in [0, 0.1) is 11.3 Å². The number of hydrogen-bond donors (Lipinski definition) is 2. The molecule has 0 fully saturated rings. The molecule has 0 saturated carbocycles.